The van der Waals surface area contributed by atoms with Crippen molar-refractivity contribution in [3.63, 3.8) is 0 Å². The standard InChI is InChI=1S/C14H20O/c1-12(2)8-10-15-11-9-14-7-5-4-6-13(14)3/h4-7,9,11-12H,8,10H2,1-3H3. The van der Waals surface area contributed by atoms with E-state index in [1.807, 2.05) is 18.2 Å². The molecule has 0 spiro atoms. The molecule has 0 aliphatic rings. The topological polar surface area (TPSA) is 9.23 Å². The van der Waals surface area contributed by atoms with Crippen molar-refractivity contribution in [1.82, 2.24) is 0 Å². The summed E-state index contributed by atoms with van der Waals surface area (Å²) in [5.74, 6) is 0.705. The zero-order valence-electron chi connectivity index (χ0n) is 9.86. The summed E-state index contributed by atoms with van der Waals surface area (Å²) in [5, 5.41) is 0. The van der Waals surface area contributed by atoms with Crippen molar-refractivity contribution in [3.8, 4) is 0 Å². The molecule has 82 valence electrons. The molecular formula is C14H20O. The van der Waals surface area contributed by atoms with Gasteiger partial charge in [-0.1, -0.05) is 38.1 Å². The fourth-order valence-corrected chi connectivity index (χ4v) is 1.27. The molecular weight excluding hydrogens is 184 g/mol. The van der Waals surface area contributed by atoms with Gasteiger partial charge < -0.3 is 4.74 Å². The molecule has 1 aromatic carbocycles. The van der Waals surface area contributed by atoms with Gasteiger partial charge in [-0.2, -0.15) is 0 Å². The van der Waals surface area contributed by atoms with E-state index in [-0.39, 0.29) is 0 Å². The quantitative estimate of drug-likeness (QED) is 0.520. The van der Waals surface area contributed by atoms with Crippen LogP contribution in [0.1, 0.15) is 31.4 Å². The van der Waals surface area contributed by atoms with Crippen LogP contribution in [0, 0.1) is 12.8 Å². The molecule has 0 N–H and O–H groups in total. The second kappa shape index (κ2) is 6.28. The van der Waals surface area contributed by atoms with E-state index in [1.165, 1.54) is 11.1 Å². The molecule has 0 unspecified atom stereocenters. The van der Waals surface area contributed by atoms with Gasteiger partial charge in [0, 0.05) is 0 Å². The fraction of sp³-hybridized carbons (Fsp3) is 0.429. The summed E-state index contributed by atoms with van der Waals surface area (Å²) in [7, 11) is 0. The van der Waals surface area contributed by atoms with Crippen molar-refractivity contribution in [1.29, 1.82) is 0 Å². The van der Waals surface area contributed by atoms with Crippen molar-refractivity contribution in [2.24, 2.45) is 5.92 Å². The molecule has 0 aromatic heterocycles. The van der Waals surface area contributed by atoms with Gasteiger partial charge in [-0.15, -0.1) is 0 Å². The summed E-state index contributed by atoms with van der Waals surface area (Å²) in [4.78, 5) is 0. The van der Waals surface area contributed by atoms with Gasteiger partial charge in [-0.25, -0.2) is 0 Å². The third-order valence-electron chi connectivity index (χ3n) is 2.35. The lowest BCUT2D eigenvalue weighted by Gasteiger charge is -2.03. The number of rotatable bonds is 5. The van der Waals surface area contributed by atoms with Crippen LogP contribution in [0.4, 0.5) is 0 Å². The maximum Gasteiger partial charge on any atom is 0.0875 e. The fourth-order valence-electron chi connectivity index (χ4n) is 1.27. The number of hydrogen-bond acceptors (Lipinski definition) is 1. The van der Waals surface area contributed by atoms with Crippen LogP contribution in [0.25, 0.3) is 6.08 Å². The zero-order chi connectivity index (χ0) is 11.1. The Balaban J connectivity index is 2.35. The van der Waals surface area contributed by atoms with Crippen molar-refractivity contribution in [2.45, 2.75) is 27.2 Å². The Morgan fingerprint density at radius 2 is 2.00 bits per heavy atom. The van der Waals surface area contributed by atoms with Crippen LogP contribution in [0.15, 0.2) is 30.5 Å². The van der Waals surface area contributed by atoms with E-state index in [0.29, 0.717) is 5.92 Å². The smallest absolute Gasteiger partial charge is 0.0875 e. The zero-order valence-corrected chi connectivity index (χ0v) is 9.86. The van der Waals surface area contributed by atoms with Crippen LogP contribution in [0.3, 0.4) is 0 Å². The van der Waals surface area contributed by atoms with E-state index < -0.39 is 0 Å². The van der Waals surface area contributed by atoms with Gasteiger partial charge >= 0.3 is 0 Å². The molecule has 0 saturated heterocycles. The van der Waals surface area contributed by atoms with E-state index in [9.17, 15) is 0 Å². The SMILES string of the molecule is Cc1ccccc1C=COCCC(C)C. The van der Waals surface area contributed by atoms with Crippen LogP contribution in [0.2, 0.25) is 0 Å². The average Bonchev–Trinajstić information content (AvgIpc) is 2.20. The molecule has 0 heterocycles. The lowest BCUT2D eigenvalue weighted by Crippen LogP contribution is -1.93. The summed E-state index contributed by atoms with van der Waals surface area (Å²) in [6.07, 6.45) is 4.93. The van der Waals surface area contributed by atoms with Gasteiger partial charge in [-0.05, 0) is 36.5 Å². The minimum Gasteiger partial charge on any atom is -0.501 e. The molecule has 1 aromatic rings. The summed E-state index contributed by atoms with van der Waals surface area (Å²) >= 11 is 0. The lowest BCUT2D eigenvalue weighted by atomic mass is 10.1. The third kappa shape index (κ3) is 4.68. The number of hydrogen-bond donors (Lipinski definition) is 0. The van der Waals surface area contributed by atoms with Crippen molar-refractivity contribution < 1.29 is 4.74 Å². The molecule has 1 heteroatoms. The van der Waals surface area contributed by atoms with E-state index in [4.69, 9.17) is 4.74 Å². The number of aryl methyl sites for hydroxylation is 1. The third-order valence-corrected chi connectivity index (χ3v) is 2.35. The highest BCUT2D eigenvalue weighted by molar-refractivity contribution is 5.52. The minimum atomic E-state index is 0.705. The first-order valence-electron chi connectivity index (χ1n) is 5.54. The molecule has 0 atom stereocenters. The van der Waals surface area contributed by atoms with Crippen LogP contribution in [-0.4, -0.2) is 6.61 Å². The van der Waals surface area contributed by atoms with Crippen molar-refractivity contribution >= 4 is 6.08 Å². The van der Waals surface area contributed by atoms with E-state index in [2.05, 4.69) is 32.9 Å². The average molecular weight is 204 g/mol. The molecule has 0 amide bonds. The Bertz CT molecular complexity index is 313. The van der Waals surface area contributed by atoms with Gasteiger partial charge in [-0.3, -0.25) is 0 Å². The Morgan fingerprint density at radius 3 is 2.67 bits per heavy atom. The molecule has 15 heavy (non-hydrogen) atoms. The first-order chi connectivity index (χ1) is 7.20. The van der Waals surface area contributed by atoms with Crippen LogP contribution < -0.4 is 0 Å². The Labute approximate surface area is 92.8 Å². The predicted molar refractivity (Wildman–Crippen MR) is 65.6 cm³/mol. The van der Waals surface area contributed by atoms with Gasteiger partial charge in [0.05, 0.1) is 12.9 Å². The lowest BCUT2D eigenvalue weighted by molar-refractivity contribution is 0.231. The molecule has 0 aliphatic heterocycles. The number of ether oxygens (including phenoxy) is 1. The summed E-state index contributed by atoms with van der Waals surface area (Å²) in [6.45, 7) is 7.32. The number of benzene rings is 1. The molecule has 0 aliphatic carbocycles. The molecule has 1 rings (SSSR count). The summed E-state index contributed by atoms with van der Waals surface area (Å²) in [6, 6.07) is 8.29. The molecule has 0 radical (unpaired) electrons. The second-order valence-electron chi connectivity index (χ2n) is 4.21. The predicted octanol–water partition coefficient (Wildman–Crippen LogP) is 4.03. The van der Waals surface area contributed by atoms with Crippen molar-refractivity contribution in [2.75, 3.05) is 6.61 Å². The maximum atomic E-state index is 5.42. The highest BCUT2D eigenvalue weighted by Gasteiger charge is 1.92. The van der Waals surface area contributed by atoms with E-state index in [1.54, 1.807) is 6.26 Å². The minimum absolute atomic E-state index is 0.705. The highest BCUT2D eigenvalue weighted by atomic mass is 16.5. The maximum absolute atomic E-state index is 5.42. The van der Waals surface area contributed by atoms with Crippen LogP contribution >= 0.6 is 0 Å². The van der Waals surface area contributed by atoms with E-state index in [0.717, 1.165) is 13.0 Å². The summed E-state index contributed by atoms with van der Waals surface area (Å²) < 4.78 is 5.42. The van der Waals surface area contributed by atoms with Gasteiger partial charge in [0.15, 0.2) is 0 Å². The second-order valence-corrected chi connectivity index (χ2v) is 4.21. The Morgan fingerprint density at radius 1 is 1.27 bits per heavy atom. The van der Waals surface area contributed by atoms with Gasteiger partial charge in [0.25, 0.3) is 0 Å². The molecule has 0 fully saturated rings. The summed E-state index contributed by atoms with van der Waals surface area (Å²) in [5.41, 5.74) is 2.50. The molecule has 0 bridgehead atoms. The first kappa shape index (κ1) is 11.8. The molecule has 1 nitrogen and oxygen atoms in total. The van der Waals surface area contributed by atoms with E-state index >= 15 is 0 Å². The normalized spacial score (nSPS) is 11.2. The monoisotopic (exact) mass is 204 g/mol. The van der Waals surface area contributed by atoms with Gasteiger partial charge in [0.2, 0.25) is 0 Å². The van der Waals surface area contributed by atoms with Crippen LogP contribution in [-0.2, 0) is 4.74 Å². The van der Waals surface area contributed by atoms with Crippen LogP contribution in [0.5, 0.6) is 0 Å². The Kier molecular flexibility index (Phi) is 4.96. The first-order valence-corrected chi connectivity index (χ1v) is 5.54. The largest absolute Gasteiger partial charge is 0.501 e. The van der Waals surface area contributed by atoms with Gasteiger partial charge in [0.1, 0.15) is 0 Å². The molecule has 0 saturated carbocycles. The Hall–Kier alpha value is -1.24. The van der Waals surface area contributed by atoms with Crippen molar-refractivity contribution in [3.05, 3.63) is 41.7 Å². The highest BCUT2D eigenvalue weighted by Crippen LogP contribution is 2.09.